The molecule has 8 heteroatoms. The van der Waals surface area contributed by atoms with E-state index in [0.29, 0.717) is 42.2 Å². The number of ether oxygens (including phenoxy) is 3. The highest BCUT2D eigenvalue weighted by Gasteiger charge is 2.31. The van der Waals surface area contributed by atoms with Crippen molar-refractivity contribution >= 4 is 16.0 Å². The Morgan fingerprint density at radius 3 is 2.34 bits per heavy atom. The third kappa shape index (κ3) is 4.09. The fourth-order valence-electron chi connectivity index (χ4n) is 3.82. The van der Waals surface area contributed by atoms with Crippen molar-refractivity contribution in [1.82, 2.24) is 4.31 Å². The Morgan fingerprint density at radius 2 is 1.66 bits per heavy atom. The molecule has 0 bridgehead atoms. The monoisotopic (exact) mass is 417 g/mol. The lowest BCUT2D eigenvalue weighted by atomic mass is 9.94. The summed E-state index contributed by atoms with van der Waals surface area (Å²) in [5, 5.41) is 0. The van der Waals surface area contributed by atoms with Gasteiger partial charge in [-0.25, -0.2) is 13.2 Å². The van der Waals surface area contributed by atoms with Gasteiger partial charge in [-0.15, -0.1) is 0 Å². The van der Waals surface area contributed by atoms with Crippen LogP contribution in [0.15, 0.2) is 47.4 Å². The predicted octanol–water partition coefficient (Wildman–Crippen LogP) is 3.30. The summed E-state index contributed by atoms with van der Waals surface area (Å²) in [7, 11) is -3.59. The summed E-state index contributed by atoms with van der Waals surface area (Å²) in [6.45, 7) is 5.29. The van der Waals surface area contributed by atoms with Gasteiger partial charge in [0.05, 0.1) is 10.5 Å². The van der Waals surface area contributed by atoms with Gasteiger partial charge >= 0.3 is 5.97 Å². The molecule has 0 aromatic heterocycles. The number of hydrogen-bond donors (Lipinski definition) is 0. The van der Waals surface area contributed by atoms with E-state index in [4.69, 9.17) is 14.2 Å². The maximum Gasteiger partial charge on any atom is 0.343 e. The van der Waals surface area contributed by atoms with Crippen LogP contribution in [0.5, 0.6) is 17.2 Å². The van der Waals surface area contributed by atoms with E-state index in [0.717, 1.165) is 6.42 Å². The first-order chi connectivity index (χ1) is 13.8. The molecule has 2 aliphatic heterocycles. The summed E-state index contributed by atoms with van der Waals surface area (Å²) in [5.41, 5.74) is 0.266. The van der Waals surface area contributed by atoms with E-state index in [-0.39, 0.29) is 17.3 Å². The Labute approximate surface area is 170 Å². The molecular weight excluding hydrogens is 394 g/mol. The van der Waals surface area contributed by atoms with Gasteiger partial charge in [-0.2, -0.15) is 4.31 Å². The molecule has 2 aliphatic rings. The van der Waals surface area contributed by atoms with Crippen molar-refractivity contribution in [2.75, 3.05) is 19.9 Å². The summed E-state index contributed by atoms with van der Waals surface area (Å²) >= 11 is 0. The maximum atomic E-state index is 12.9. The van der Waals surface area contributed by atoms with Gasteiger partial charge in [-0.05, 0) is 54.7 Å². The second-order valence-electron chi connectivity index (χ2n) is 7.70. The molecule has 0 saturated carbocycles. The minimum atomic E-state index is -3.59. The van der Waals surface area contributed by atoms with E-state index in [1.807, 2.05) is 0 Å². The zero-order valence-corrected chi connectivity index (χ0v) is 17.1. The Balaban J connectivity index is 1.47. The first-order valence-electron chi connectivity index (χ1n) is 9.55. The number of sulfonamides is 1. The summed E-state index contributed by atoms with van der Waals surface area (Å²) in [6, 6.07) is 10.7. The van der Waals surface area contributed by atoms with Gasteiger partial charge in [0.25, 0.3) is 0 Å². The third-order valence-electron chi connectivity index (χ3n) is 5.12. The van der Waals surface area contributed by atoms with E-state index < -0.39 is 16.0 Å². The van der Waals surface area contributed by atoms with Crippen LogP contribution in [-0.4, -0.2) is 38.6 Å². The van der Waals surface area contributed by atoms with Crippen LogP contribution in [0, 0.1) is 11.8 Å². The Morgan fingerprint density at radius 1 is 1.00 bits per heavy atom. The number of carbonyl (C=O) groups is 1. The van der Waals surface area contributed by atoms with Crippen molar-refractivity contribution in [3.63, 3.8) is 0 Å². The van der Waals surface area contributed by atoms with Crippen molar-refractivity contribution in [1.29, 1.82) is 0 Å². The fraction of sp³-hybridized carbons (Fsp3) is 0.381. The molecule has 1 fully saturated rings. The lowest BCUT2D eigenvalue weighted by Gasteiger charge is -2.34. The Bertz CT molecular complexity index is 1010. The van der Waals surface area contributed by atoms with Gasteiger partial charge in [0.15, 0.2) is 11.5 Å². The van der Waals surface area contributed by atoms with Crippen LogP contribution in [0.2, 0.25) is 0 Å². The smallest absolute Gasteiger partial charge is 0.343 e. The molecule has 2 aromatic carbocycles. The summed E-state index contributed by atoms with van der Waals surface area (Å²) < 4.78 is 43.3. The Kier molecular flexibility index (Phi) is 5.23. The molecule has 2 aromatic rings. The largest absolute Gasteiger partial charge is 0.454 e. The fourth-order valence-corrected chi connectivity index (χ4v) is 5.50. The van der Waals surface area contributed by atoms with Crippen LogP contribution in [0.1, 0.15) is 30.6 Å². The van der Waals surface area contributed by atoms with Gasteiger partial charge in [-0.1, -0.05) is 13.8 Å². The SMILES string of the molecule is C[C@H]1C[C@H](C)CN(S(=O)(=O)c2ccc(C(=O)Oc3ccc4c(c3)OCO4)cc2)C1. The summed E-state index contributed by atoms with van der Waals surface area (Å²) in [4.78, 5) is 12.6. The van der Waals surface area contributed by atoms with Crippen molar-refractivity contribution in [3.05, 3.63) is 48.0 Å². The maximum absolute atomic E-state index is 12.9. The minimum absolute atomic E-state index is 0.136. The molecule has 0 aliphatic carbocycles. The van der Waals surface area contributed by atoms with E-state index >= 15 is 0 Å². The number of nitrogens with zero attached hydrogens (tertiary/aromatic N) is 1. The van der Waals surface area contributed by atoms with Crippen molar-refractivity contribution in [3.8, 4) is 17.2 Å². The molecule has 0 radical (unpaired) electrons. The standard InChI is InChI=1S/C21H23NO6S/c1-14-9-15(2)12-22(11-14)29(24,25)18-6-3-16(4-7-18)21(23)28-17-5-8-19-20(10-17)27-13-26-19/h3-8,10,14-15H,9,11-13H2,1-2H3/t14-,15-/m0/s1. The molecule has 0 spiro atoms. The van der Waals surface area contributed by atoms with E-state index in [1.54, 1.807) is 18.2 Å². The predicted molar refractivity (Wildman–Crippen MR) is 106 cm³/mol. The molecule has 0 unspecified atom stereocenters. The molecule has 0 N–H and O–H groups in total. The molecule has 0 amide bonds. The summed E-state index contributed by atoms with van der Waals surface area (Å²) in [6.07, 6.45) is 1.02. The van der Waals surface area contributed by atoms with Crippen molar-refractivity contribution in [2.24, 2.45) is 11.8 Å². The van der Waals surface area contributed by atoms with Crippen LogP contribution in [0.25, 0.3) is 0 Å². The highest BCUT2D eigenvalue weighted by molar-refractivity contribution is 7.89. The van der Waals surface area contributed by atoms with E-state index in [2.05, 4.69) is 13.8 Å². The van der Waals surface area contributed by atoms with Crippen LogP contribution in [0.3, 0.4) is 0 Å². The molecular formula is C21H23NO6S. The van der Waals surface area contributed by atoms with Gasteiger partial charge < -0.3 is 14.2 Å². The number of carbonyl (C=O) groups excluding carboxylic acids is 1. The third-order valence-corrected chi connectivity index (χ3v) is 6.96. The molecule has 1 saturated heterocycles. The Hall–Kier alpha value is -2.58. The van der Waals surface area contributed by atoms with Gasteiger partial charge in [0, 0.05) is 19.2 Å². The molecule has 2 atom stereocenters. The second-order valence-corrected chi connectivity index (χ2v) is 9.63. The topological polar surface area (TPSA) is 82.1 Å². The molecule has 154 valence electrons. The molecule has 4 rings (SSSR count). The highest BCUT2D eigenvalue weighted by atomic mass is 32.2. The highest BCUT2D eigenvalue weighted by Crippen LogP contribution is 2.35. The number of fused-ring (bicyclic) bond motifs is 1. The van der Waals surface area contributed by atoms with E-state index in [1.165, 1.54) is 28.6 Å². The lowest BCUT2D eigenvalue weighted by molar-refractivity contribution is 0.0734. The number of rotatable bonds is 4. The molecule has 2 heterocycles. The first kappa shape index (κ1) is 19.7. The van der Waals surface area contributed by atoms with E-state index in [9.17, 15) is 13.2 Å². The number of piperidine rings is 1. The zero-order valence-electron chi connectivity index (χ0n) is 16.3. The molecule has 7 nitrogen and oxygen atoms in total. The number of benzene rings is 2. The average molecular weight is 417 g/mol. The minimum Gasteiger partial charge on any atom is -0.454 e. The first-order valence-corrected chi connectivity index (χ1v) is 11.0. The average Bonchev–Trinajstić information content (AvgIpc) is 3.15. The van der Waals surface area contributed by atoms with Crippen molar-refractivity contribution < 1.29 is 27.4 Å². The van der Waals surface area contributed by atoms with Gasteiger partial charge in [0.2, 0.25) is 16.8 Å². The number of hydrogen-bond acceptors (Lipinski definition) is 6. The van der Waals surface area contributed by atoms with Crippen LogP contribution in [0.4, 0.5) is 0 Å². The van der Waals surface area contributed by atoms with Crippen LogP contribution >= 0.6 is 0 Å². The normalized spacial score (nSPS) is 21.7. The summed E-state index contributed by atoms with van der Waals surface area (Å²) in [5.74, 6) is 1.51. The zero-order chi connectivity index (χ0) is 20.6. The van der Waals surface area contributed by atoms with Gasteiger partial charge in [-0.3, -0.25) is 0 Å². The van der Waals surface area contributed by atoms with Crippen LogP contribution in [-0.2, 0) is 10.0 Å². The number of esters is 1. The van der Waals surface area contributed by atoms with Crippen LogP contribution < -0.4 is 14.2 Å². The lowest BCUT2D eigenvalue weighted by Crippen LogP contribution is -2.42. The molecule has 29 heavy (non-hydrogen) atoms. The van der Waals surface area contributed by atoms with Crippen molar-refractivity contribution in [2.45, 2.75) is 25.2 Å². The second kappa shape index (κ2) is 7.68. The van der Waals surface area contributed by atoms with Gasteiger partial charge in [0.1, 0.15) is 5.75 Å². The quantitative estimate of drug-likeness (QED) is 0.561.